The van der Waals surface area contributed by atoms with Crippen molar-refractivity contribution in [3.05, 3.63) is 0 Å². The van der Waals surface area contributed by atoms with Crippen LogP contribution in [-0.4, -0.2) is 96.7 Å². The predicted octanol–water partition coefficient (Wildman–Crippen LogP) is 19.8. The van der Waals surface area contributed by atoms with Crippen LogP contribution in [0.25, 0.3) is 0 Å². The van der Waals surface area contributed by atoms with Gasteiger partial charge in [0, 0.05) is 25.7 Å². The molecule has 0 aliphatic heterocycles. The van der Waals surface area contributed by atoms with E-state index >= 15 is 0 Å². The van der Waals surface area contributed by atoms with E-state index in [0.717, 1.165) is 114 Å². The van der Waals surface area contributed by atoms with Crippen molar-refractivity contribution in [2.24, 2.45) is 17.8 Å². The molecule has 19 heteroatoms. The molecule has 0 bridgehead atoms. The third-order valence-corrected chi connectivity index (χ3v) is 18.8. The second kappa shape index (κ2) is 61.0. The molecule has 0 aromatic carbocycles. The molecule has 3 N–H and O–H groups in total. The molecule has 0 saturated carbocycles. The number of unbranched alkanes of at least 4 members (excludes halogenated alkanes) is 34. The Balaban J connectivity index is 5.27. The van der Waals surface area contributed by atoms with Gasteiger partial charge in [-0.15, -0.1) is 0 Å². The summed E-state index contributed by atoms with van der Waals surface area (Å²) >= 11 is 0. The van der Waals surface area contributed by atoms with Crippen molar-refractivity contribution < 1.29 is 80.2 Å². The first-order valence-corrected chi connectivity index (χ1v) is 39.4. The molecular weight excluding hydrogens is 1170 g/mol. The summed E-state index contributed by atoms with van der Waals surface area (Å²) < 4.78 is 68.3. The minimum absolute atomic E-state index is 0.104. The standard InChI is InChI=1S/C70H136O17P2/c1-8-11-12-13-14-15-16-17-18-24-29-37-44-51-67(72)80-57-65(86-69(74)53-46-39-30-25-20-19-23-28-35-42-49-62(6)9-2)59-84-88(76,77)82-55-64(71)56-83-89(78,79)85-60-66(58-81-68(73)52-45-38-33-32-36-43-50-63(7)10-3)87-70(75)54-47-40-31-26-21-22-27-34-41-48-61(4)5/h61-66,71H,8-60H2,1-7H3,(H,76,77)(H,78,79)/t62?,63?,64-,65-,66-/m1/s1. The van der Waals surface area contributed by atoms with Crippen molar-refractivity contribution in [2.75, 3.05) is 39.6 Å². The minimum Gasteiger partial charge on any atom is -0.462 e. The molecule has 0 aromatic rings. The van der Waals surface area contributed by atoms with E-state index in [2.05, 4.69) is 48.5 Å². The second-order valence-electron chi connectivity index (χ2n) is 26.2. The molecule has 0 fully saturated rings. The summed E-state index contributed by atoms with van der Waals surface area (Å²) in [6.45, 7) is 11.8. The van der Waals surface area contributed by atoms with Crippen molar-refractivity contribution in [3.63, 3.8) is 0 Å². The Morgan fingerprint density at radius 1 is 0.326 bits per heavy atom. The minimum atomic E-state index is -4.95. The number of carbonyl (C=O) groups is 4. The highest BCUT2D eigenvalue weighted by Gasteiger charge is 2.30. The van der Waals surface area contributed by atoms with Crippen LogP contribution in [0.3, 0.4) is 0 Å². The van der Waals surface area contributed by atoms with Gasteiger partial charge >= 0.3 is 39.5 Å². The summed E-state index contributed by atoms with van der Waals surface area (Å²) in [5.41, 5.74) is 0. The number of aliphatic hydroxyl groups is 1. The van der Waals surface area contributed by atoms with Crippen LogP contribution in [0, 0.1) is 17.8 Å². The Kier molecular flexibility index (Phi) is 59.6. The van der Waals surface area contributed by atoms with Crippen molar-refractivity contribution >= 4 is 39.5 Å². The Bertz CT molecular complexity index is 1750. The summed E-state index contributed by atoms with van der Waals surface area (Å²) in [4.78, 5) is 72.5. The molecule has 0 radical (unpaired) electrons. The van der Waals surface area contributed by atoms with Gasteiger partial charge in [0.1, 0.15) is 19.3 Å². The zero-order valence-electron chi connectivity index (χ0n) is 57.9. The molecule has 17 nitrogen and oxygen atoms in total. The van der Waals surface area contributed by atoms with Crippen LogP contribution in [0.5, 0.6) is 0 Å². The first-order valence-electron chi connectivity index (χ1n) is 36.4. The molecule has 0 spiro atoms. The molecule has 0 aliphatic carbocycles. The molecule has 0 aromatic heterocycles. The SMILES string of the molecule is CCCCCCCCCCCCCCCC(=O)OC[C@H](COP(=O)(O)OC[C@@H](O)COP(=O)(O)OC[C@@H](COC(=O)CCCCCCCCC(C)CC)OC(=O)CCCCCCCCCCCC(C)C)OC(=O)CCCCCCCCCCCCC(C)CC. The number of rotatable bonds is 68. The summed E-state index contributed by atoms with van der Waals surface area (Å²) in [6.07, 6.45) is 44.3. The van der Waals surface area contributed by atoms with E-state index in [1.165, 1.54) is 154 Å². The highest BCUT2D eigenvalue weighted by atomic mass is 31.2. The number of ether oxygens (including phenoxy) is 4. The number of aliphatic hydroxyl groups excluding tert-OH is 1. The molecule has 0 amide bonds. The van der Waals surface area contributed by atoms with Crippen molar-refractivity contribution in [1.82, 2.24) is 0 Å². The van der Waals surface area contributed by atoms with Crippen LogP contribution in [0.1, 0.15) is 350 Å². The maximum Gasteiger partial charge on any atom is 0.472 e. The third-order valence-electron chi connectivity index (χ3n) is 16.9. The van der Waals surface area contributed by atoms with Crippen LogP contribution in [-0.2, 0) is 65.4 Å². The molecule has 0 saturated heterocycles. The molecule has 528 valence electrons. The van der Waals surface area contributed by atoms with E-state index in [4.69, 9.17) is 37.0 Å². The third kappa shape index (κ3) is 62.0. The lowest BCUT2D eigenvalue weighted by Gasteiger charge is -2.21. The summed E-state index contributed by atoms with van der Waals surface area (Å²) in [5, 5.41) is 10.6. The van der Waals surface area contributed by atoms with Gasteiger partial charge in [-0.3, -0.25) is 37.3 Å². The zero-order valence-corrected chi connectivity index (χ0v) is 59.7. The van der Waals surface area contributed by atoms with Gasteiger partial charge in [0.15, 0.2) is 12.2 Å². The average molecular weight is 1310 g/mol. The van der Waals surface area contributed by atoms with E-state index in [-0.39, 0.29) is 25.7 Å². The summed E-state index contributed by atoms with van der Waals surface area (Å²) in [6, 6.07) is 0. The maximum atomic E-state index is 13.0. The Morgan fingerprint density at radius 2 is 0.573 bits per heavy atom. The molecule has 0 heterocycles. The number of carbonyl (C=O) groups excluding carboxylic acids is 4. The predicted molar refractivity (Wildman–Crippen MR) is 358 cm³/mol. The average Bonchev–Trinajstić information content (AvgIpc) is 3.72. The zero-order chi connectivity index (χ0) is 65.9. The van der Waals surface area contributed by atoms with Gasteiger partial charge in [0.2, 0.25) is 0 Å². The lowest BCUT2D eigenvalue weighted by Crippen LogP contribution is -2.30. The van der Waals surface area contributed by atoms with Crippen molar-refractivity contribution in [1.29, 1.82) is 0 Å². The number of phosphoric acid groups is 2. The number of hydrogen-bond acceptors (Lipinski definition) is 15. The normalized spacial score (nSPS) is 14.8. The van der Waals surface area contributed by atoms with E-state index in [9.17, 15) is 43.2 Å². The molecule has 0 rings (SSSR count). The fraction of sp³-hybridized carbons (Fsp3) is 0.943. The van der Waals surface area contributed by atoms with Gasteiger partial charge in [0.05, 0.1) is 26.4 Å². The first kappa shape index (κ1) is 87.1. The number of esters is 4. The van der Waals surface area contributed by atoms with Crippen LogP contribution in [0.2, 0.25) is 0 Å². The van der Waals surface area contributed by atoms with Gasteiger partial charge in [0.25, 0.3) is 0 Å². The van der Waals surface area contributed by atoms with E-state index < -0.39 is 97.5 Å². The highest BCUT2D eigenvalue weighted by molar-refractivity contribution is 7.47. The second-order valence-corrected chi connectivity index (χ2v) is 29.1. The maximum absolute atomic E-state index is 13.0. The molecule has 89 heavy (non-hydrogen) atoms. The fourth-order valence-electron chi connectivity index (χ4n) is 10.5. The number of phosphoric ester groups is 2. The topological polar surface area (TPSA) is 237 Å². The van der Waals surface area contributed by atoms with Gasteiger partial charge in [-0.05, 0) is 43.4 Å². The molecule has 0 aliphatic rings. The Morgan fingerprint density at radius 3 is 0.854 bits per heavy atom. The Labute approximate surface area is 543 Å². The van der Waals surface area contributed by atoms with Gasteiger partial charge in [-0.2, -0.15) is 0 Å². The van der Waals surface area contributed by atoms with Gasteiger partial charge < -0.3 is 33.8 Å². The lowest BCUT2D eigenvalue weighted by molar-refractivity contribution is -0.161. The van der Waals surface area contributed by atoms with Gasteiger partial charge in [-0.25, -0.2) is 9.13 Å². The van der Waals surface area contributed by atoms with E-state index in [0.29, 0.717) is 25.7 Å². The Hall–Kier alpha value is -1.94. The molecule has 7 atom stereocenters. The van der Waals surface area contributed by atoms with Crippen LogP contribution in [0.4, 0.5) is 0 Å². The first-order chi connectivity index (χ1) is 42.8. The van der Waals surface area contributed by atoms with Gasteiger partial charge in [-0.1, -0.05) is 299 Å². The molecule has 4 unspecified atom stereocenters. The fourth-order valence-corrected chi connectivity index (χ4v) is 12.1. The van der Waals surface area contributed by atoms with Crippen molar-refractivity contribution in [3.8, 4) is 0 Å². The van der Waals surface area contributed by atoms with E-state index in [1.54, 1.807) is 0 Å². The molecular formula is C70H136O17P2. The van der Waals surface area contributed by atoms with E-state index in [1.807, 2.05) is 0 Å². The van der Waals surface area contributed by atoms with Crippen LogP contribution >= 0.6 is 15.6 Å². The van der Waals surface area contributed by atoms with Crippen LogP contribution in [0.15, 0.2) is 0 Å². The summed E-state index contributed by atoms with van der Waals surface area (Å²) in [5.74, 6) is 0.143. The monoisotopic (exact) mass is 1310 g/mol. The lowest BCUT2D eigenvalue weighted by atomic mass is 9.99. The van der Waals surface area contributed by atoms with Crippen LogP contribution < -0.4 is 0 Å². The highest BCUT2D eigenvalue weighted by Crippen LogP contribution is 2.45. The number of hydrogen-bond donors (Lipinski definition) is 3. The largest absolute Gasteiger partial charge is 0.472 e. The van der Waals surface area contributed by atoms with Crippen molar-refractivity contribution in [2.45, 2.75) is 369 Å². The quantitative estimate of drug-likeness (QED) is 0.0222. The summed E-state index contributed by atoms with van der Waals surface area (Å²) in [7, 11) is -9.90. The smallest absolute Gasteiger partial charge is 0.462 e.